The molecule has 2 unspecified atom stereocenters. The molecule has 4 N–H and O–H groups in total. The fraction of sp³-hybridized carbons (Fsp3) is 0.538. The largest absolute Gasteiger partial charge is 0.396 e. The molecule has 32 heavy (non-hydrogen) atoms. The number of carbonyl (C=O) groups is 1. The molecule has 0 aliphatic carbocycles. The van der Waals surface area contributed by atoms with Crippen LogP contribution in [-0.4, -0.2) is 42.4 Å². The predicted octanol–water partition coefficient (Wildman–Crippen LogP) is 4.17. The second-order valence-electron chi connectivity index (χ2n) is 9.17. The van der Waals surface area contributed by atoms with Gasteiger partial charge in [0.1, 0.15) is 5.82 Å². The van der Waals surface area contributed by atoms with Gasteiger partial charge < -0.3 is 20.9 Å². The lowest BCUT2D eigenvalue weighted by atomic mass is 9.83. The summed E-state index contributed by atoms with van der Waals surface area (Å²) in [5.74, 6) is 1.06. The molecule has 2 aromatic rings. The Morgan fingerprint density at radius 2 is 1.97 bits per heavy atom. The van der Waals surface area contributed by atoms with E-state index in [-0.39, 0.29) is 24.2 Å². The zero-order valence-corrected chi connectivity index (χ0v) is 19.6. The van der Waals surface area contributed by atoms with E-state index in [0.29, 0.717) is 23.9 Å². The van der Waals surface area contributed by atoms with Crippen LogP contribution in [0.25, 0.3) is 11.1 Å². The van der Waals surface area contributed by atoms with Crippen LogP contribution in [0.4, 0.5) is 5.82 Å². The summed E-state index contributed by atoms with van der Waals surface area (Å²) in [5.41, 5.74) is 11.1. The van der Waals surface area contributed by atoms with Gasteiger partial charge in [0.2, 0.25) is 0 Å². The highest BCUT2D eigenvalue weighted by Crippen LogP contribution is 2.34. The average Bonchev–Trinajstić information content (AvgIpc) is 2.83. The number of pyridine rings is 1. The van der Waals surface area contributed by atoms with E-state index in [1.807, 2.05) is 13.0 Å². The first-order chi connectivity index (χ1) is 15.4. The van der Waals surface area contributed by atoms with Crippen molar-refractivity contribution in [2.45, 2.75) is 52.4 Å². The highest BCUT2D eigenvalue weighted by molar-refractivity contribution is 5.99. The Kier molecular flexibility index (Phi) is 8.65. The molecule has 1 aromatic carbocycles. The number of ether oxygens (including phenoxy) is 1. The van der Waals surface area contributed by atoms with Crippen LogP contribution in [0.5, 0.6) is 0 Å². The van der Waals surface area contributed by atoms with E-state index in [4.69, 9.17) is 10.5 Å². The van der Waals surface area contributed by atoms with Crippen molar-refractivity contribution >= 4 is 11.7 Å². The van der Waals surface area contributed by atoms with E-state index in [9.17, 15) is 9.90 Å². The highest BCUT2D eigenvalue weighted by Gasteiger charge is 2.21. The fourth-order valence-corrected chi connectivity index (χ4v) is 4.13. The van der Waals surface area contributed by atoms with Crippen molar-refractivity contribution in [3.05, 3.63) is 47.2 Å². The summed E-state index contributed by atoms with van der Waals surface area (Å²) in [6.45, 7) is 8.45. The minimum absolute atomic E-state index is 0.0165. The second-order valence-corrected chi connectivity index (χ2v) is 9.17. The predicted molar refractivity (Wildman–Crippen MR) is 129 cm³/mol. The Labute approximate surface area is 191 Å². The van der Waals surface area contributed by atoms with Crippen LogP contribution in [-0.2, 0) is 11.2 Å². The molecular weight excluding hydrogens is 402 g/mol. The minimum atomic E-state index is -0.268. The number of anilines is 1. The normalized spacial score (nSPS) is 16.5. The molecule has 0 saturated carbocycles. The van der Waals surface area contributed by atoms with Gasteiger partial charge in [0.15, 0.2) is 0 Å². The van der Waals surface area contributed by atoms with Crippen LogP contribution in [0.1, 0.15) is 67.4 Å². The molecule has 1 fully saturated rings. The van der Waals surface area contributed by atoms with Crippen LogP contribution in [0.3, 0.4) is 0 Å². The molecule has 1 aliphatic rings. The van der Waals surface area contributed by atoms with Crippen molar-refractivity contribution in [2.75, 3.05) is 32.1 Å². The molecule has 2 atom stereocenters. The van der Waals surface area contributed by atoms with Gasteiger partial charge in [0, 0.05) is 38.1 Å². The number of amides is 1. The molecule has 1 amide bonds. The number of carbonyl (C=O) groups excluding carboxylic acids is 1. The monoisotopic (exact) mass is 439 g/mol. The number of nitrogen functional groups attached to an aromatic ring is 1. The summed E-state index contributed by atoms with van der Waals surface area (Å²) in [6.07, 6.45) is 6.03. The molecule has 174 valence electrons. The maximum Gasteiger partial charge on any atom is 0.255 e. The number of nitrogens with one attached hydrogen (secondary N) is 1. The van der Waals surface area contributed by atoms with Gasteiger partial charge in [-0.15, -0.1) is 0 Å². The van der Waals surface area contributed by atoms with E-state index in [1.165, 1.54) is 11.1 Å². The van der Waals surface area contributed by atoms with Crippen molar-refractivity contribution in [2.24, 2.45) is 11.8 Å². The van der Waals surface area contributed by atoms with Crippen molar-refractivity contribution in [3.8, 4) is 11.1 Å². The molecule has 0 bridgehead atoms. The third-order valence-electron chi connectivity index (χ3n) is 6.49. The SMILES string of the molecule is CCC(C)Cc1cc(-c2cnc(N)c(C(=O)NCC(C)CO)c2)ccc1C1CCOCC1. The number of aliphatic hydroxyl groups is 1. The summed E-state index contributed by atoms with van der Waals surface area (Å²) < 4.78 is 5.57. The van der Waals surface area contributed by atoms with Crippen molar-refractivity contribution in [3.63, 3.8) is 0 Å². The Hall–Kier alpha value is -2.44. The number of nitrogens with two attached hydrogens (primary N) is 1. The summed E-state index contributed by atoms with van der Waals surface area (Å²) in [7, 11) is 0. The molecule has 1 aliphatic heterocycles. The highest BCUT2D eigenvalue weighted by atomic mass is 16.5. The Bertz CT molecular complexity index is 909. The first kappa shape index (κ1) is 24.2. The van der Waals surface area contributed by atoms with Gasteiger partial charge in [-0.1, -0.05) is 45.4 Å². The quantitative estimate of drug-likeness (QED) is 0.545. The zero-order chi connectivity index (χ0) is 23.1. The summed E-state index contributed by atoms with van der Waals surface area (Å²) in [5, 5.41) is 12.0. The van der Waals surface area contributed by atoms with Crippen LogP contribution >= 0.6 is 0 Å². The van der Waals surface area contributed by atoms with Crippen molar-refractivity contribution in [1.82, 2.24) is 10.3 Å². The number of aromatic nitrogens is 1. The van der Waals surface area contributed by atoms with Gasteiger partial charge in [0.25, 0.3) is 5.91 Å². The van der Waals surface area contributed by atoms with Crippen LogP contribution in [0, 0.1) is 11.8 Å². The van der Waals surface area contributed by atoms with Gasteiger partial charge in [0.05, 0.1) is 5.56 Å². The van der Waals surface area contributed by atoms with Gasteiger partial charge in [-0.3, -0.25) is 4.79 Å². The third kappa shape index (κ3) is 6.08. The zero-order valence-electron chi connectivity index (χ0n) is 19.6. The first-order valence-electron chi connectivity index (χ1n) is 11.8. The smallest absolute Gasteiger partial charge is 0.255 e. The Morgan fingerprint density at radius 1 is 1.22 bits per heavy atom. The lowest BCUT2D eigenvalue weighted by Crippen LogP contribution is -2.30. The molecule has 3 rings (SSSR count). The molecule has 1 aromatic heterocycles. The molecule has 6 nitrogen and oxygen atoms in total. The number of hydrogen-bond acceptors (Lipinski definition) is 5. The van der Waals surface area contributed by atoms with Crippen molar-refractivity contribution in [1.29, 1.82) is 0 Å². The van der Waals surface area contributed by atoms with Gasteiger partial charge in [-0.25, -0.2) is 4.98 Å². The van der Waals surface area contributed by atoms with Crippen LogP contribution in [0.15, 0.2) is 30.5 Å². The number of rotatable bonds is 9. The van der Waals surface area contributed by atoms with E-state index in [0.717, 1.165) is 50.0 Å². The Balaban J connectivity index is 1.91. The molecule has 2 heterocycles. The maximum absolute atomic E-state index is 12.7. The molecule has 0 radical (unpaired) electrons. The summed E-state index contributed by atoms with van der Waals surface area (Å²) in [4.78, 5) is 17.0. The summed E-state index contributed by atoms with van der Waals surface area (Å²) in [6, 6.07) is 8.47. The average molecular weight is 440 g/mol. The molecule has 0 spiro atoms. The second kappa shape index (κ2) is 11.4. The van der Waals surface area contributed by atoms with Crippen LogP contribution < -0.4 is 11.1 Å². The lowest BCUT2D eigenvalue weighted by molar-refractivity contribution is 0.0851. The van der Waals surface area contributed by atoms with E-state index in [2.05, 4.69) is 42.3 Å². The van der Waals surface area contributed by atoms with Gasteiger partial charge in [-0.05, 0) is 59.8 Å². The van der Waals surface area contributed by atoms with Gasteiger partial charge >= 0.3 is 0 Å². The lowest BCUT2D eigenvalue weighted by Gasteiger charge is -2.26. The third-order valence-corrected chi connectivity index (χ3v) is 6.49. The van der Waals surface area contributed by atoms with Gasteiger partial charge in [-0.2, -0.15) is 0 Å². The Morgan fingerprint density at radius 3 is 2.66 bits per heavy atom. The maximum atomic E-state index is 12.7. The molecule has 6 heteroatoms. The van der Waals surface area contributed by atoms with E-state index < -0.39 is 0 Å². The number of hydrogen-bond donors (Lipinski definition) is 3. The number of nitrogens with zero attached hydrogens (tertiary/aromatic N) is 1. The van der Waals surface area contributed by atoms with E-state index >= 15 is 0 Å². The molecular formula is C26H37N3O3. The first-order valence-corrected chi connectivity index (χ1v) is 11.8. The van der Waals surface area contributed by atoms with E-state index in [1.54, 1.807) is 6.20 Å². The standard InChI is InChI=1S/C26H37N3O3/c1-4-17(2)11-21-12-20(5-6-23(21)19-7-9-32-10-8-19)22-13-24(25(27)28-15-22)26(31)29-14-18(3)16-30/h5-6,12-13,15,17-19,30H,4,7-11,14,16H2,1-3H3,(H2,27,28)(H,29,31). The fourth-order valence-electron chi connectivity index (χ4n) is 4.13. The summed E-state index contributed by atoms with van der Waals surface area (Å²) >= 11 is 0. The number of benzene rings is 1. The van der Waals surface area contributed by atoms with Crippen molar-refractivity contribution < 1.29 is 14.6 Å². The minimum Gasteiger partial charge on any atom is -0.396 e. The van der Waals surface area contributed by atoms with Crippen LogP contribution in [0.2, 0.25) is 0 Å². The topological polar surface area (TPSA) is 97.5 Å². The molecule has 1 saturated heterocycles. The number of aliphatic hydroxyl groups excluding tert-OH is 1.